The lowest BCUT2D eigenvalue weighted by Crippen LogP contribution is -2.31. The van der Waals surface area contributed by atoms with E-state index in [1.807, 2.05) is 18.2 Å². The average molecular weight is 289 g/mol. The van der Waals surface area contributed by atoms with Crippen molar-refractivity contribution < 1.29 is 9.84 Å². The summed E-state index contributed by atoms with van der Waals surface area (Å²) >= 11 is 1.63. The molecule has 2 heterocycles. The third kappa shape index (κ3) is 3.26. The van der Waals surface area contributed by atoms with Crippen molar-refractivity contribution in [1.29, 1.82) is 0 Å². The van der Waals surface area contributed by atoms with Gasteiger partial charge in [0.05, 0.1) is 16.3 Å². The fourth-order valence-corrected chi connectivity index (χ4v) is 3.52. The minimum Gasteiger partial charge on any atom is -0.389 e. The molecule has 20 heavy (non-hydrogen) atoms. The molecule has 1 fully saturated rings. The Morgan fingerprint density at radius 1 is 1.20 bits per heavy atom. The first-order valence-corrected chi connectivity index (χ1v) is 7.93. The van der Waals surface area contributed by atoms with E-state index in [-0.39, 0.29) is 0 Å². The lowest BCUT2D eigenvalue weighted by atomic mass is 9.91. The van der Waals surface area contributed by atoms with Crippen molar-refractivity contribution >= 4 is 11.3 Å². The minimum atomic E-state index is -0.650. The predicted octanol–water partition coefficient (Wildman–Crippen LogP) is 3.28. The summed E-state index contributed by atoms with van der Waals surface area (Å²) in [5.41, 5.74) is 1.48. The molecule has 1 aromatic carbocycles. The van der Waals surface area contributed by atoms with E-state index in [0.29, 0.717) is 19.4 Å². The van der Waals surface area contributed by atoms with E-state index in [1.54, 1.807) is 11.3 Å². The highest BCUT2D eigenvalue weighted by atomic mass is 32.1. The topological polar surface area (TPSA) is 42.4 Å². The minimum absolute atomic E-state index is 0.633. The van der Waals surface area contributed by atoms with Crippen LogP contribution in [0.3, 0.4) is 0 Å². The maximum absolute atomic E-state index is 10.7. The quantitative estimate of drug-likeness (QED) is 0.943. The van der Waals surface area contributed by atoms with E-state index >= 15 is 0 Å². The number of benzene rings is 1. The maximum Gasteiger partial charge on any atom is 0.0961 e. The second-order valence-corrected chi connectivity index (χ2v) is 6.30. The van der Waals surface area contributed by atoms with Crippen LogP contribution in [-0.2, 0) is 11.2 Å². The molecule has 0 spiro atoms. The molecule has 0 amide bonds. The van der Waals surface area contributed by atoms with Gasteiger partial charge in [0.25, 0.3) is 0 Å². The Morgan fingerprint density at radius 2 is 2.05 bits per heavy atom. The van der Waals surface area contributed by atoms with Crippen LogP contribution in [0.4, 0.5) is 0 Å². The van der Waals surface area contributed by atoms with Gasteiger partial charge in [0, 0.05) is 30.6 Å². The SMILES string of the molecule is OC1(Cc2nc(-c3ccccc3)cs2)CCCOCC1. The Morgan fingerprint density at radius 3 is 2.90 bits per heavy atom. The third-order valence-electron chi connectivity index (χ3n) is 3.74. The summed E-state index contributed by atoms with van der Waals surface area (Å²) in [6.07, 6.45) is 3.06. The third-order valence-corrected chi connectivity index (χ3v) is 4.59. The van der Waals surface area contributed by atoms with Crippen LogP contribution in [0, 0.1) is 0 Å². The molecule has 0 radical (unpaired) electrons. The summed E-state index contributed by atoms with van der Waals surface area (Å²) in [5, 5.41) is 13.7. The number of aliphatic hydroxyl groups is 1. The van der Waals surface area contributed by atoms with Crippen molar-refractivity contribution in [3.63, 3.8) is 0 Å². The summed E-state index contributed by atoms with van der Waals surface area (Å²) in [5.74, 6) is 0. The van der Waals surface area contributed by atoms with Gasteiger partial charge in [0.15, 0.2) is 0 Å². The van der Waals surface area contributed by atoms with Gasteiger partial charge in [-0.25, -0.2) is 4.98 Å². The highest BCUT2D eigenvalue weighted by Crippen LogP contribution is 2.29. The van der Waals surface area contributed by atoms with E-state index < -0.39 is 5.60 Å². The molecule has 0 bridgehead atoms. The number of hydrogen-bond donors (Lipinski definition) is 1. The second-order valence-electron chi connectivity index (χ2n) is 5.36. The standard InChI is InChI=1S/C16H19NO2S/c18-16(7-4-9-19-10-8-16)11-15-17-14(12-20-15)13-5-2-1-3-6-13/h1-3,5-6,12,18H,4,7-11H2. The molecule has 2 aromatic rings. The van der Waals surface area contributed by atoms with E-state index in [0.717, 1.165) is 35.7 Å². The predicted molar refractivity (Wildman–Crippen MR) is 80.9 cm³/mol. The molecule has 0 saturated carbocycles. The van der Waals surface area contributed by atoms with Crippen molar-refractivity contribution in [3.05, 3.63) is 40.7 Å². The molecular formula is C16H19NO2S. The molecule has 1 atom stereocenters. The van der Waals surface area contributed by atoms with Gasteiger partial charge in [-0.15, -0.1) is 11.3 Å². The van der Waals surface area contributed by atoms with Crippen molar-refractivity contribution in [1.82, 2.24) is 4.98 Å². The zero-order valence-corrected chi connectivity index (χ0v) is 12.2. The average Bonchev–Trinajstić information content (AvgIpc) is 2.81. The van der Waals surface area contributed by atoms with Gasteiger partial charge >= 0.3 is 0 Å². The lowest BCUT2D eigenvalue weighted by Gasteiger charge is -2.24. The molecule has 3 rings (SSSR count). The first kappa shape index (κ1) is 13.7. The van der Waals surface area contributed by atoms with Crippen molar-refractivity contribution in [3.8, 4) is 11.3 Å². The summed E-state index contributed by atoms with van der Waals surface area (Å²) in [7, 11) is 0. The normalized spacial score (nSPS) is 23.4. The van der Waals surface area contributed by atoms with Gasteiger partial charge in [-0.1, -0.05) is 30.3 Å². The molecule has 1 N–H and O–H groups in total. The molecule has 1 saturated heterocycles. The van der Waals surface area contributed by atoms with E-state index in [2.05, 4.69) is 22.5 Å². The van der Waals surface area contributed by atoms with Crippen LogP contribution in [0.1, 0.15) is 24.3 Å². The monoisotopic (exact) mass is 289 g/mol. The van der Waals surface area contributed by atoms with Gasteiger partial charge in [-0.2, -0.15) is 0 Å². The van der Waals surface area contributed by atoms with Crippen molar-refractivity contribution in [2.75, 3.05) is 13.2 Å². The van der Waals surface area contributed by atoms with Gasteiger partial charge in [-0.3, -0.25) is 0 Å². The Hall–Kier alpha value is -1.23. The van der Waals surface area contributed by atoms with Crippen LogP contribution in [-0.4, -0.2) is 28.9 Å². The second kappa shape index (κ2) is 6.04. The van der Waals surface area contributed by atoms with Crippen LogP contribution in [0.15, 0.2) is 35.7 Å². The number of ether oxygens (including phenoxy) is 1. The first-order valence-electron chi connectivity index (χ1n) is 7.05. The van der Waals surface area contributed by atoms with Crippen molar-refractivity contribution in [2.24, 2.45) is 0 Å². The Balaban J connectivity index is 1.74. The highest BCUT2D eigenvalue weighted by molar-refractivity contribution is 7.09. The van der Waals surface area contributed by atoms with Crippen molar-refractivity contribution in [2.45, 2.75) is 31.3 Å². The molecular weight excluding hydrogens is 270 g/mol. The lowest BCUT2D eigenvalue weighted by molar-refractivity contribution is 0.0188. The highest BCUT2D eigenvalue weighted by Gasteiger charge is 2.29. The number of hydrogen-bond acceptors (Lipinski definition) is 4. The molecule has 1 unspecified atom stereocenters. The van der Waals surface area contributed by atoms with Crippen LogP contribution < -0.4 is 0 Å². The molecule has 3 nitrogen and oxygen atoms in total. The summed E-state index contributed by atoms with van der Waals surface area (Å²) < 4.78 is 5.43. The Labute approximate surface area is 123 Å². The van der Waals surface area contributed by atoms with Gasteiger partial charge in [0.1, 0.15) is 0 Å². The molecule has 1 aromatic heterocycles. The van der Waals surface area contributed by atoms with Gasteiger partial charge < -0.3 is 9.84 Å². The summed E-state index contributed by atoms with van der Waals surface area (Å²) in [6, 6.07) is 10.2. The fourth-order valence-electron chi connectivity index (χ4n) is 2.58. The molecule has 4 heteroatoms. The number of nitrogens with zero attached hydrogens (tertiary/aromatic N) is 1. The fraction of sp³-hybridized carbons (Fsp3) is 0.438. The maximum atomic E-state index is 10.7. The number of thiazole rings is 1. The van der Waals surface area contributed by atoms with Crippen LogP contribution in [0.25, 0.3) is 11.3 Å². The molecule has 1 aliphatic heterocycles. The molecule has 0 aliphatic carbocycles. The number of aromatic nitrogens is 1. The van der Waals surface area contributed by atoms with E-state index in [9.17, 15) is 5.11 Å². The molecule has 106 valence electrons. The Kier molecular flexibility index (Phi) is 4.15. The summed E-state index contributed by atoms with van der Waals surface area (Å²) in [6.45, 7) is 1.41. The number of rotatable bonds is 3. The van der Waals surface area contributed by atoms with E-state index in [1.165, 1.54) is 0 Å². The smallest absolute Gasteiger partial charge is 0.0961 e. The Bertz CT molecular complexity index is 545. The zero-order chi connectivity index (χ0) is 13.8. The van der Waals surface area contributed by atoms with Crippen LogP contribution in [0.5, 0.6) is 0 Å². The van der Waals surface area contributed by atoms with Crippen LogP contribution >= 0.6 is 11.3 Å². The zero-order valence-electron chi connectivity index (χ0n) is 11.4. The summed E-state index contributed by atoms with van der Waals surface area (Å²) in [4.78, 5) is 4.67. The van der Waals surface area contributed by atoms with Crippen LogP contribution in [0.2, 0.25) is 0 Å². The largest absolute Gasteiger partial charge is 0.389 e. The first-order chi connectivity index (χ1) is 9.75. The van der Waals surface area contributed by atoms with Gasteiger partial charge in [0.2, 0.25) is 0 Å². The van der Waals surface area contributed by atoms with Gasteiger partial charge in [-0.05, 0) is 19.3 Å². The molecule has 1 aliphatic rings. The van der Waals surface area contributed by atoms with E-state index in [4.69, 9.17) is 4.74 Å².